The van der Waals surface area contributed by atoms with Crippen LogP contribution in [-0.4, -0.2) is 62.8 Å². The van der Waals surface area contributed by atoms with Gasteiger partial charge in [-0.3, -0.25) is 9.00 Å². The molecule has 0 spiro atoms. The number of carbonyl (C=O) groups is 2. The van der Waals surface area contributed by atoms with E-state index in [1.807, 2.05) is 0 Å². The molecule has 1 fully saturated rings. The second-order valence-electron chi connectivity index (χ2n) is 11.4. The van der Waals surface area contributed by atoms with Gasteiger partial charge < -0.3 is 24.8 Å². The summed E-state index contributed by atoms with van der Waals surface area (Å²) in [5, 5.41) is 9.42. The number of aromatic nitrogens is 2. The van der Waals surface area contributed by atoms with Crippen molar-refractivity contribution < 1.29 is 36.2 Å². The number of rotatable bonds is 5. The van der Waals surface area contributed by atoms with Crippen LogP contribution in [-0.2, 0) is 26.9 Å². The highest BCUT2D eigenvalue weighted by Crippen LogP contribution is 2.37. The maximum absolute atomic E-state index is 15.5. The van der Waals surface area contributed by atoms with Crippen molar-refractivity contribution in [3.8, 4) is 11.4 Å². The van der Waals surface area contributed by atoms with Crippen molar-refractivity contribution in [3.05, 3.63) is 58.7 Å². The molecule has 2 N–H and O–H groups in total. The number of hydrogen-bond donors (Lipinski definition) is 2. The fourth-order valence-corrected chi connectivity index (χ4v) is 6.31. The molecule has 2 aliphatic heterocycles. The number of benzene rings is 2. The van der Waals surface area contributed by atoms with E-state index in [2.05, 4.69) is 20.8 Å². The smallest absolute Gasteiger partial charge is 0.408 e. The maximum Gasteiger partial charge on any atom is 0.408 e. The normalized spacial score (nSPS) is 22.1. The van der Waals surface area contributed by atoms with Gasteiger partial charge in [0.15, 0.2) is 0 Å². The van der Waals surface area contributed by atoms with Crippen molar-refractivity contribution in [3.63, 3.8) is 0 Å². The molecule has 2 unspecified atom stereocenters. The fraction of sp³-hybridized carbons (Fsp3) is 0.429. The van der Waals surface area contributed by atoms with Crippen molar-refractivity contribution >= 4 is 40.1 Å². The minimum absolute atomic E-state index is 0.0110. The highest BCUT2D eigenvalue weighted by atomic mass is 35.5. The topological polar surface area (TPSA) is 127 Å². The summed E-state index contributed by atoms with van der Waals surface area (Å²) in [6.45, 7) is 4.64. The number of amides is 2. The zero-order valence-corrected chi connectivity index (χ0v) is 25.0. The first kappa shape index (κ1) is 31.0. The molecule has 230 valence electrons. The van der Waals surface area contributed by atoms with Gasteiger partial charge in [0.1, 0.15) is 17.5 Å². The van der Waals surface area contributed by atoms with E-state index in [0.717, 1.165) is 6.07 Å². The van der Waals surface area contributed by atoms with Crippen LogP contribution >= 0.6 is 11.6 Å². The largest absolute Gasteiger partial charge is 0.444 e. The van der Waals surface area contributed by atoms with Crippen LogP contribution in [0.3, 0.4) is 0 Å². The van der Waals surface area contributed by atoms with Gasteiger partial charge in [-0.15, -0.1) is 0 Å². The summed E-state index contributed by atoms with van der Waals surface area (Å²) < 4.78 is 67.4. The molecule has 1 aromatic heterocycles. The van der Waals surface area contributed by atoms with E-state index in [9.17, 15) is 22.6 Å². The molecule has 3 atom stereocenters. The number of carbonyl (C=O) groups excluding carboxylic acids is 2. The minimum atomic E-state index is -2.97. The van der Waals surface area contributed by atoms with Crippen LogP contribution in [0.25, 0.3) is 11.4 Å². The Labute approximate surface area is 252 Å². The van der Waals surface area contributed by atoms with Crippen LogP contribution in [0.5, 0.6) is 0 Å². The Hall–Kier alpha value is -3.49. The van der Waals surface area contributed by atoms with Crippen LogP contribution in [0, 0.1) is 5.82 Å². The molecule has 5 rings (SSSR count). The van der Waals surface area contributed by atoms with E-state index >= 15 is 4.39 Å². The summed E-state index contributed by atoms with van der Waals surface area (Å²) in [5.74, 6) is -5.88. The Morgan fingerprint density at radius 1 is 1.28 bits per heavy atom. The van der Waals surface area contributed by atoms with Crippen LogP contribution in [0.15, 0.2) is 45.8 Å². The number of nitrogens with one attached hydrogen (secondary N) is 2. The van der Waals surface area contributed by atoms with E-state index in [1.54, 1.807) is 45.0 Å². The molecule has 0 saturated carbocycles. The maximum atomic E-state index is 15.5. The highest BCUT2D eigenvalue weighted by molar-refractivity contribution is 7.85. The lowest BCUT2D eigenvalue weighted by molar-refractivity contribution is -0.120. The predicted molar refractivity (Wildman–Crippen MR) is 152 cm³/mol. The van der Waals surface area contributed by atoms with Gasteiger partial charge in [-0.2, -0.15) is 4.98 Å². The summed E-state index contributed by atoms with van der Waals surface area (Å²) in [7, 11) is -1.94. The molecule has 15 heteroatoms. The number of ether oxygens (including phenoxy) is 1. The van der Waals surface area contributed by atoms with E-state index in [4.69, 9.17) is 20.9 Å². The second-order valence-corrected chi connectivity index (χ2v) is 13.3. The summed E-state index contributed by atoms with van der Waals surface area (Å²) in [6, 6.07) is 7.68. The number of halogens is 4. The second kappa shape index (κ2) is 11.9. The molecule has 43 heavy (non-hydrogen) atoms. The quantitative estimate of drug-likeness (QED) is 0.408. The highest BCUT2D eigenvalue weighted by Gasteiger charge is 2.40. The Morgan fingerprint density at radius 2 is 2.00 bits per heavy atom. The Kier molecular flexibility index (Phi) is 8.56. The van der Waals surface area contributed by atoms with Gasteiger partial charge in [-0.25, -0.2) is 18.0 Å². The first-order chi connectivity index (χ1) is 20.2. The van der Waals surface area contributed by atoms with Gasteiger partial charge in [0, 0.05) is 18.0 Å². The SMILES string of the molecule is CC(C)(C)OC(=O)N[C@H]1CS(=O)c2cc(F)c(-c3noc(C4CNCC(F)(F)C4)n3)cc2N(Cc2ccc(Cl)cc2)C1=O. The van der Waals surface area contributed by atoms with Crippen LogP contribution in [0.1, 0.15) is 44.6 Å². The third-order valence-corrected chi connectivity index (χ3v) is 8.47. The molecule has 2 aliphatic rings. The van der Waals surface area contributed by atoms with Crippen LogP contribution < -0.4 is 15.5 Å². The van der Waals surface area contributed by atoms with Crippen molar-refractivity contribution in [2.24, 2.45) is 0 Å². The van der Waals surface area contributed by atoms with E-state index in [1.165, 1.54) is 11.0 Å². The zero-order valence-electron chi connectivity index (χ0n) is 23.5. The molecule has 3 aromatic rings. The first-order valence-corrected chi connectivity index (χ1v) is 15.1. The van der Waals surface area contributed by atoms with Gasteiger partial charge in [0.05, 0.1) is 51.7 Å². The lowest BCUT2D eigenvalue weighted by Crippen LogP contribution is -2.51. The lowest BCUT2D eigenvalue weighted by atomic mass is 9.97. The monoisotopic (exact) mass is 639 g/mol. The standard InChI is InChI=1S/C28H29ClF3N5O5S/c1-27(2,3)41-26(39)34-20-13-43(40)22-9-19(30)18(23-35-24(42-36-23)16-10-28(31,32)14-33-11-16)8-21(22)37(25(20)38)12-15-4-6-17(29)7-5-15/h4-9,16,20,33H,10-14H2,1-3H3,(H,34,39)/t16?,20-,43?/m0/s1. The van der Waals surface area contributed by atoms with Gasteiger partial charge in [0.25, 0.3) is 11.8 Å². The van der Waals surface area contributed by atoms with Gasteiger partial charge >= 0.3 is 6.09 Å². The third kappa shape index (κ3) is 7.19. The average Bonchev–Trinajstić information content (AvgIpc) is 3.38. The summed E-state index contributed by atoms with van der Waals surface area (Å²) >= 11 is 6.03. The molecule has 3 heterocycles. The van der Waals surface area contributed by atoms with Crippen molar-refractivity contribution in [2.45, 2.75) is 62.1 Å². The van der Waals surface area contributed by atoms with Crippen molar-refractivity contribution in [1.82, 2.24) is 20.8 Å². The Morgan fingerprint density at radius 3 is 2.67 bits per heavy atom. The minimum Gasteiger partial charge on any atom is -0.444 e. The first-order valence-electron chi connectivity index (χ1n) is 13.4. The van der Waals surface area contributed by atoms with Crippen molar-refractivity contribution in [1.29, 1.82) is 0 Å². The number of alkyl halides is 2. The fourth-order valence-electron chi connectivity index (χ4n) is 4.84. The predicted octanol–water partition coefficient (Wildman–Crippen LogP) is 4.79. The van der Waals surface area contributed by atoms with E-state index in [0.29, 0.717) is 10.6 Å². The number of anilines is 1. The van der Waals surface area contributed by atoms with Crippen molar-refractivity contribution in [2.75, 3.05) is 23.7 Å². The molecule has 2 aromatic carbocycles. The number of piperidine rings is 1. The van der Waals surface area contributed by atoms with Crippen LogP contribution in [0.2, 0.25) is 5.02 Å². The average molecular weight is 640 g/mol. The molecule has 0 aliphatic carbocycles. The summed E-state index contributed by atoms with van der Waals surface area (Å²) in [5.41, 5.74) is -0.298. The zero-order chi connectivity index (χ0) is 31.1. The molecule has 10 nitrogen and oxygen atoms in total. The molecule has 0 radical (unpaired) electrons. The molecule has 2 amide bonds. The lowest BCUT2D eigenvalue weighted by Gasteiger charge is -2.27. The van der Waals surface area contributed by atoms with Gasteiger partial charge in [-0.1, -0.05) is 28.9 Å². The molecule has 1 saturated heterocycles. The molecule has 0 bridgehead atoms. The van der Waals surface area contributed by atoms with E-state index < -0.39 is 65.1 Å². The number of hydrogen-bond acceptors (Lipinski definition) is 8. The Bertz CT molecular complexity index is 1560. The van der Waals surface area contributed by atoms with Crippen LogP contribution in [0.4, 0.5) is 23.7 Å². The summed E-state index contributed by atoms with van der Waals surface area (Å²) in [4.78, 5) is 32.0. The number of fused-ring (bicyclic) bond motifs is 1. The summed E-state index contributed by atoms with van der Waals surface area (Å²) in [6.07, 6.45) is -1.39. The van der Waals surface area contributed by atoms with Gasteiger partial charge in [0.2, 0.25) is 11.7 Å². The van der Waals surface area contributed by atoms with Gasteiger partial charge in [-0.05, 0) is 50.6 Å². The number of nitrogens with zero attached hydrogens (tertiary/aromatic N) is 3. The number of alkyl carbamates (subject to hydrolysis) is 1. The Balaban J connectivity index is 1.53. The molecular weight excluding hydrogens is 611 g/mol. The molecular formula is C28H29ClF3N5O5S. The third-order valence-electron chi connectivity index (χ3n) is 6.76. The van der Waals surface area contributed by atoms with E-state index in [-0.39, 0.29) is 46.7 Å².